The molecular weight excluding hydrogens is 368 g/mol. The second-order valence-corrected chi connectivity index (χ2v) is 9.74. The molecule has 1 atom stereocenters. The van der Waals surface area contributed by atoms with E-state index in [-0.39, 0.29) is 16.8 Å². The van der Waals surface area contributed by atoms with Gasteiger partial charge in [0.1, 0.15) is 10.1 Å². The monoisotopic (exact) mass is 392 g/mol. The van der Waals surface area contributed by atoms with E-state index in [2.05, 4.69) is 13.8 Å². The summed E-state index contributed by atoms with van der Waals surface area (Å²) in [5.74, 6) is 0.313. The van der Waals surface area contributed by atoms with Gasteiger partial charge in [-0.25, -0.2) is 4.98 Å². The predicted octanol–water partition coefficient (Wildman–Crippen LogP) is 3.79. The zero-order valence-electron chi connectivity index (χ0n) is 15.2. The molecule has 1 saturated heterocycles. The van der Waals surface area contributed by atoms with Gasteiger partial charge in [-0.15, -0.1) is 11.3 Å². The smallest absolute Gasteiger partial charge is 0.319 e. The minimum Gasteiger partial charge on any atom is -0.465 e. The SMILES string of the molecule is CC(C)CCn1c(S[C@@H]2CCOC2=O)nc2sc3c(c2c1=O)CCCC3. The van der Waals surface area contributed by atoms with Crippen LogP contribution in [0.25, 0.3) is 10.2 Å². The van der Waals surface area contributed by atoms with Gasteiger partial charge in [-0.3, -0.25) is 14.2 Å². The molecule has 1 aliphatic carbocycles. The lowest BCUT2D eigenvalue weighted by Gasteiger charge is -2.15. The summed E-state index contributed by atoms with van der Waals surface area (Å²) in [6, 6.07) is 0. The molecule has 1 aliphatic heterocycles. The standard InChI is InChI=1S/C19H24N2O3S2/c1-11(2)7-9-21-17(22)15-12-5-3-4-6-13(12)25-16(15)20-19(21)26-14-8-10-24-18(14)23/h11,14H,3-10H2,1-2H3/t14-/m1/s1. The number of aryl methyl sites for hydroxylation is 2. The quantitative estimate of drug-likeness (QED) is 0.572. The molecule has 0 saturated carbocycles. The van der Waals surface area contributed by atoms with Crippen molar-refractivity contribution in [2.24, 2.45) is 5.92 Å². The molecule has 26 heavy (non-hydrogen) atoms. The van der Waals surface area contributed by atoms with Crippen LogP contribution in [0.1, 0.15) is 50.0 Å². The number of nitrogens with zero attached hydrogens (tertiary/aromatic N) is 2. The van der Waals surface area contributed by atoms with E-state index < -0.39 is 0 Å². The van der Waals surface area contributed by atoms with Crippen molar-refractivity contribution in [2.45, 2.75) is 69.3 Å². The molecule has 5 nitrogen and oxygen atoms in total. The van der Waals surface area contributed by atoms with Crippen molar-refractivity contribution in [3.8, 4) is 0 Å². The van der Waals surface area contributed by atoms with Gasteiger partial charge in [0.2, 0.25) is 0 Å². The van der Waals surface area contributed by atoms with E-state index in [4.69, 9.17) is 9.72 Å². The molecule has 0 amide bonds. The molecule has 0 radical (unpaired) electrons. The average Bonchev–Trinajstić information content (AvgIpc) is 3.17. The molecule has 0 N–H and O–H groups in total. The first-order chi connectivity index (χ1) is 12.5. The lowest BCUT2D eigenvalue weighted by Crippen LogP contribution is -2.25. The van der Waals surface area contributed by atoms with Gasteiger partial charge in [-0.1, -0.05) is 25.6 Å². The Balaban J connectivity index is 1.81. The molecule has 2 aliphatic rings. The zero-order valence-corrected chi connectivity index (χ0v) is 16.9. The third kappa shape index (κ3) is 3.31. The number of hydrogen-bond donors (Lipinski definition) is 0. The maximum atomic E-state index is 13.4. The third-order valence-corrected chi connectivity index (χ3v) is 7.53. The largest absolute Gasteiger partial charge is 0.465 e. The van der Waals surface area contributed by atoms with Crippen molar-refractivity contribution < 1.29 is 9.53 Å². The first-order valence-electron chi connectivity index (χ1n) is 9.43. The number of aromatic nitrogens is 2. The van der Waals surface area contributed by atoms with Crippen LogP contribution in [0.2, 0.25) is 0 Å². The molecule has 7 heteroatoms. The number of carbonyl (C=O) groups excluding carboxylic acids is 1. The molecule has 0 unspecified atom stereocenters. The van der Waals surface area contributed by atoms with Gasteiger partial charge >= 0.3 is 5.97 Å². The number of hydrogen-bond acceptors (Lipinski definition) is 6. The van der Waals surface area contributed by atoms with E-state index in [0.29, 0.717) is 30.6 Å². The number of fused-ring (bicyclic) bond motifs is 3. The molecule has 1 fully saturated rings. The van der Waals surface area contributed by atoms with Crippen LogP contribution in [0, 0.1) is 5.92 Å². The first kappa shape index (κ1) is 18.0. The fourth-order valence-electron chi connectivity index (χ4n) is 3.61. The molecule has 3 heterocycles. The van der Waals surface area contributed by atoms with Crippen molar-refractivity contribution in [3.63, 3.8) is 0 Å². The van der Waals surface area contributed by atoms with Crippen LogP contribution in [-0.2, 0) is 28.9 Å². The molecule has 140 valence electrons. The Morgan fingerprint density at radius 1 is 1.31 bits per heavy atom. The maximum absolute atomic E-state index is 13.4. The van der Waals surface area contributed by atoms with Crippen molar-refractivity contribution in [1.82, 2.24) is 9.55 Å². The Morgan fingerprint density at radius 2 is 2.12 bits per heavy atom. The number of thioether (sulfide) groups is 1. The lowest BCUT2D eigenvalue weighted by atomic mass is 9.97. The van der Waals surface area contributed by atoms with Gasteiger partial charge in [-0.2, -0.15) is 0 Å². The first-order valence-corrected chi connectivity index (χ1v) is 11.1. The average molecular weight is 393 g/mol. The highest BCUT2D eigenvalue weighted by Crippen LogP contribution is 2.36. The maximum Gasteiger partial charge on any atom is 0.319 e. The van der Waals surface area contributed by atoms with E-state index in [9.17, 15) is 9.59 Å². The van der Waals surface area contributed by atoms with Gasteiger partial charge in [0.15, 0.2) is 5.16 Å². The summed E-state index contributed by atoms with van der Waals surface area (Å²) >= 11 is 3.06. The topological polar surface area (TPSA) is 61.2 Å². The Bertz CT molecular complexity index is 900. The number of thiophene rings is 1. The molecule has 0 aromatic carbocycles. The van der Waals surface area contributed by atoms with Crippen LogP contribution in [0.5, 0.6) is 0 Å². The third-order valence-electron chi connectivity index (χ3n) is 5.10. The van der Waals surface area contributed by atoms with Gasteiger partial charge < -0.3 is 4.74 Å². The fraction of sp³-hybridized carbons (Fsp3) is 0.632. The number of esters is 1. The summed E-state index contributed by atoms with van der Waals surface area (Å²) in [4.78, 5) is 32.3. The molecule has 2 aromatic heterocycles. The van der Waals surface area contributed by atoms with Crippen LogP contribution in [0.4, 0.5) is 0 Å². The van der Waals surface area contributed by atoms with Crippen molar-refractivity contribution >= 4 is 39.3 Å². The second-order valence-electron chi connectivity index (χ2n) is 7.49. The molecule has 4 rings (SSSR count). The minimum atomic E-state index is -0.251. The van der Waals surface area contributed by atoms with Gasteiger partial charge in [-0.05, 0) is 43.6 Å². The highest BCUT2D eigenvalue weighted by molar-refractivity contribution is 8.00. The molecule has 0 bridgehead atoms. The number of ether oxygens (including phenoxy) is 1. The molecule has 0 spiro atoms. The number of cyclic esters (lactones) is 1. The Morgan fingerprint density at radius 3 is 2.85 bits per heavy atom. The number of carbonyl (C=O) groups is 1. The highest BCUT2D eigenvalue weighted by Gasteiger charge is 2.30. The van der Waals surface area contributed by atoms with E-state index >= 15 is 0 Å². The summed E-state index contributed by atoms with van der Waals surface area (Å²) in [5, 5.41) is 1.25. The van der Waals surface area contributed by atoms with Gasteiger partial charge in [0, 0.05) is 17.8 Å². The summed E-state index contributed by atoms with van der Waals surface area (Å²) in [6.07, 6.45) is 5.98. The van der Waals surface area contributed by atoms with Crippen molar-refractivity contribution in [2.75, 3.05) is 6.61 Å². The van der Waals surface area contributed by atoms with E-state index in [1.54, 1.807) is 15.9 Å². The fourth-order valence-corrected chi connectivity index (χ4v) is 5.99. The van der Waals surface area contributed by atoms with Crippen LogP contribution >= 0.6 is 23.1 Å². The second kappa shape index (κ2) is 7.35. The molecular formula is C19H24N2O3S2. The number of rotatable bonds is 5. The summed E-state index contributed by atoms with van der Waals surface area (Å²) in [5.41, 5.74) is 1.30. The van der Waals surface area contributed by atoms with Crippen molar-refractivity contribution in [1.29, 1.82) is 0 Å². The summed E-state index contributed by atoms with van der Waals surface area (Å²) < 4.78 is 6.89. The Labute approximate surface area is 161 Å². The van der Waals surface area contributed by atoms with Crippen LogP contribution < -0.4 is 5.56 Å². The van der Waals surface area contributed by atoms with E-state index in [1.807, 2.05) is 0 Å². The van der Waals surface area contributed by atoms with Crippen LogP contribution in [0.15, 0.2) is 9.95 Å². The molecule has 2 aromatic rings. The van der Waals surface area contributed by atoms with Crippen LogP contribution in [-0.4, -0.2) is 27.4 Å². The van der Waals surface area contributed by atoms with Crippen LogP contribution in [0.3, 0.4) is 0 Å². The van der Waals surface area contributed by atoms with Gasteiger partial charge in [0.25, 0.3) is 5.56 Å². The summed E-state index contributed by atoms with van der Waals surface area (Å²) in [6.45, 7) is 5.42. The Hall–Kier alpha value is -1.34. The summed E-state index contributed by atoms with van der Waals surface area (Å²) in [7, 11) is 0. The van der Waals surface area contributed by atoms with E-state index in [1.165, 1.54) is 28.6 Å². The normalized spacial score (nSPS) is 20.0. The lowest BCUT2D eigenvalue weighted by molar-refractivity contribution is -0.137. The van der Waals surface area contributed by atoms with Gasteiger partial charge in [0.05, 0.1) is 12.0 Å². The minimum absolute atomic E-state index is 0.0731. The highest BCUT2D eigenvalue weighted by atomic mass is 32.2. The van der Waals surface area contributed by atoms with Crippen molar-refractivity contribution in [3.05, 3.63) is 20.8 Å². The predicted molar refractivity (Wildman–Crippen MR) is 105 cm³/mol. The van der Waals surface area contributed by atoms with E-state index in [0.717, 1.165) is 35.9 Å². The zero-order chi connectivity index (χ0) is 18.3. The Kier molecular flexibility index (Phi) is 5.10.